The van der Waals surface area contributed by atoms with E-state index in [1.165, 1.54) is 0 Å². The number of nitrogens with two attached hydrogens (primary N) is 2. The van der Waals surface area contributed by atoms with Gasteiger partial charge in [-0.25, -0.2) is 0 Å². The lowest BCUT2D eigenvalue weighted by Gasteiger charge is -2.25. The van der Waals surface area contributed by atoms with E-state index in [1.54, 1.807) is 13.8 Å². The number of ketones is 1. The van der Waals surface area contributed by atoms with E-state index >= 15 is 0 Å². The lowest BCUT2D eigenvalue weighted by molar-refractivity contribution is -0.128. The van der Waals surface area contributed by atoms with Crippen LogP contribution in [-0.4, -0.2) is 54.5 Å². The Hall–Kier alpha value is -2.68. The summed E-state index contributed by atoms with van der Waals surface area (Å²) in [5.74, 6) is -0.446. The molecule has 0 aromatic heterocycles. The molecule has 8 nitrogen and oxygen atoms in total. The molecule has 0 radical (unpaired) electrons. The summed E-state index contributed by atoms with van der Waals surface area (Å²) in [5.41, 5.74) is 11.3. The van der Waals surface area contributed by atoms with Crippen LogP contribution in [0.5, 0.6) is 0 Å². The maximum atomic E-state index is 12.6. The van der Waals surface area contributed by atoms with Gasteiger partial charge in [-0.2, -0.15) is 0 Å². The first-order valence-electron chi connectivity index (χ1n) is 11.8. The number of rotatable bonds is 18. The van der Waals surface area contributed by atoms with Crippen molar-refractivity contribution in [3.63, 3.8) is 0 Å². The molecule has 188 valence electrons. The molecule has 0 heterocycles. The Balaban J connectivity index is 2.30. The van der Waals surface area contributed by atoms with Gasteiger partial charge in [0.05, 0.1) is 30.2 Å². The summed E-state index contributed by atoms with van der Waals surface area (Å²) in [6.45, 7) is 3.62. The third-order valence-electron chi connectivity index (χ3n) is 5.75. The molecule has 0 aliphatic rings. The molecule has 34 heavy (non-hydrogen) atoms. The number of benzene rings is 1. The molecule has 1 rings (SSSR count). The molecular weight excluding hydrogens is 432 g/mol. The van der Waals surface area contributed by atoms with Gasteiger partial charge in [-0.3, -0.25) is 9.59 Å². The van der Waals surface area contributed by atoms with E-state index in [-0.39, 0.29) is 24.8 Å². The van der Waals surface area contributed by atoms with Crippen LogP contribution < -0.4 is 22.1 Å². The summed E-state index contributed by atoms with van der Waals surface area (Å²) >= 11 is 0. The van der Waals surface area contributed by atoms with E-state index in [2.05, 4.69) is 10.6 Å². The highest BCUT2D eigenvalue weighted by atomic mass is 16.2. The SMILES string of the molecule is C[C@](N)(CCC/C=C\CCC[C@](C)(N)C(=O)N[C@H](C=O)Cc1ccccc1)C(=O)CNCC=O. The number of Topliss-reactive ketones (excluding diaryl/α,β-unsaturated/α-hetero) is 1. The molecule has 3 atom stereocenters. The topological polar surface area (TPSA) is 144 Å². The van der Waals surface area contributed by atoms with Crippen molar-refractivity contribution >= 4 is 24.3 Å². The highest BCUT2D eigenvalue weighted by Crippen LogP contribution is 2.14. The maximum absolute atomic E-state index is 12.6. The van der Waals surface area contributed by atoms with E-state index in [0.29, 0.717) is 25.5 Å². The van der Waals surface area contributed by atoms with Gasteiger partial charge in [-0.15, -0.1) is 0 Å². The van der Waals surface area contributed by atoms with E-state index in [9.17, 15) is 19.2 Å². The fourth-order valence-electron chi connectivity index (χ4n) is 3.44. The molecule has 1 aromatic rings. The monoisotopic (exact) mass is 472 g/mol. The van der Waals surface area contributed by atoms with Crippen molar-refractivity contribution in [2.45, 2.75) is 75.9 Å². The van der Waals surface area contributed by atoms with Crippen LogP contribution in [0.4, 0.5) is 0 Å². The second-order valence-electron chi connectivity index (χ2n) is 9.22. The van der Waals surface area contributed by atoms with Crippen molar-refractivity contribution in [3.8, 4) is 0 Å². The summed E-state index contributed by atoms with van der Waals surface area (Å²) < 4.78 is 0. The molecule has 6 N–H and O–H groups in total. The first kappa shape index (κ1) is 29.4. The summed E-state index contributed by atoms with van der Waals surface area (Å²) in [7, 11) is 0. The average Bonchev–Trinajstić information content (AvgIpc) is 2.80. The standard InChI is InChI=1S/C26H40N4O4/c1-25(27,23(33)19-29-16-17-31)14-10-5-3-4-6-11-15-26(2,28)24(34)30-22(20-32)18-21-12-8-7-9-13-21/h3-4,7-9,12-13,17,20,22,29H,5-6,10-11,14-16,18-19,27-28H2,1-2H3,(H,30,34)/b4-3-/t22-,25-,26-/m0/s1. The van der Waals surface area contributed by atoms with Crippen molar-refractivity contribution in [2.75, 3.05) is 13.1 Å². The highest BCUT2D eigenvalue weighted by Gasteiger charge is 2.29. The molecule has 0 saturated heterocycles. The number of nitrogens with one attached hydrogen (secondary N) is 2. The minimum atomic E-state index is -1.06. The predicted molar refractivity (Wildman–Crippen MR) is 134 cm³/mol. The summed E-state index contributed by atoms with van der Waals surface area (Å²) in [5, 5.41) is 5.49. The van der Waals surface area contributed by atoms with E-state index in [0.717, 1.165) is 37.5 Å². The zero-order chi connectivity index (χ0) is 25.5. The molecule has 0 aliphatic heterocycles. The molecule has 0 unspecified atom stereocenters. The zero-order valence-electron chi connectivity index (χ0n) is 20.4. The Morgan fingerprint density at radius 2 is 1.56 bits per heavy atom. The van der Waals surface area contributed by atoms with Crippen LogP contribution in [-0.2, 0) is 25.6 Å². The number of carbonyl (C=O) groups is 4. The van der Waals surface area contributed by atoms with Crippen molar-refractivity contribution < 1.29 is 19.2 Å². The Kier molecular flexibility index (Phi) is 13.2. The lowest BCUT2D eigenvalue weighted by Crippen LogP contribution is -2.54. The number of carbonyl (C=O) groups excluding carboxylic acids is 4. The summed E-state index contributed by atoms with van der Waals surface area (Å²) in [6, 6.07) is 8.90. The fraction of sp³-hybridized carbons (Fsp3) is 0.538. The quantitative estimate of drug-likeness (QED) is 0.144. The van der Waals surface area contributed by atoms with Crippen LogP contribution in [0.1, 0.15) is 57.9 Å². The van der Waals surface area contributed by atoms with Crippen LogP contribution in [0.3, 0.4) is 0 Å². The van der Waals surface area contributed by atoms with Crippen LogP contribution in [0.2, 0.25) is 0 Å². The first-order chi connectivity index (χ1) is 16.1. The molecule has 0 fully saturated rings. The Bertz CT molecular complexity index is 806. The second-order valence-corrected chi connectivity index (χ2v) is 9.22. The van der Waals surface area contributed by atoms with Gasteiger partial charge in [0.15, 0.2) is 5.78 Å². The largest absolute Gasteiger partial charge is 0.345 e. The van der Waals surface area contributed by atoms with Crippen LogP contribution in [0.25, 0.3) is 0 Å². The van der Waals surface area contributed by atoms with Gasteiger partial charge >= 0.3 is 0 Å². The molecule has 1 aromatic carbocycles. The number of amides is 1. The molecular formula is C26H40N4O4. The number of allylic oxidation sites excluding steroid dienone is 2. The summed E-state index contributed by atoms with van der Waals surface area (Å²) in [6.07, 6.45) is 10.1. The van der Waals surface area contributed by atoms with Crippen molar-refractivity contribution in [1.29, 1.82) is 0 Å². The van der Waals surface area contributed by atoms with Gasteiger partial charge in [-0.05, 0) is 64.4 Å². The smallest absolute Gasteiger partial charge is 0.240 e. The normalized spacial score (nSPS) is 15.8. The van der Waals surface area contributed by atoms with Gasteiger partial charge in [0.1, 0.15) is 12.6 Å². The van der Waals surface area contributed by atoms with Crippen LogP contribution in [0.15, 0.2) is 42.5 Å². The molecule has 1 amide bonds. The maximum Gasteiger partial charge on any atom is 0.240 e. The predicted octanol–water partition coefficient (Wildman–Crippen LogP) is 1.60. The van der Waals surface area contributed by atoms with Crippen molar-refractivity contribution in [1.82, 2.24) is 10.6 Å². The van der Waals surface area contributed by atoms with E-state index < -0.39 is 17.1 Å². The number of hydrogen-bond donors (Lipinski definition) is 4. The Labute approximate surface area is 202 Å². The van der Waals surface area contributed by atoms with E-state index in [1.807, 2.05) is 42.5 Å². The van der Waals surface area contributed by atoms with E-state index in [4.69, 9.17) is 11.5 Å². The minimum absolute atomic E-state index is 0.0901. The Morgan fingerprint density at radius 3 is 2.12 bits per heavy atom. The number of hydrogen-bond acceptors (Lipinski definition) is 7. The molecule has 8 heteroatoms. The highest BCUT2D eigenvalue weighted by molar-refractivity contribution is 5.89. The third-order valence-corrected chi connectivity index (χ3v) is 5.75. The summed E-state index contributed by atoms with van der Waals surface area (Å²) in [4.78, 5) is 46.4. The second kappa shape index (κ2) is 15.3. The molecule has 0 saturated carbocycles. The Morgan fingerprint density at radius 1 is 0.971 bits per heavy atom. The number of unbranched alkanes of at least 4 members (excludes halogenated alkanes) is 2. The number of aldehydes is 2. The molecule has 0 spiro atoms. The first-order valence-corrected chi connectivity index (χ1v) is 11.8. The molecule has 0 bridgehead atoms. The minimum Gasteiger partial charge on any atom is -0.345 e. The van der Waals surface area contributed by atoms with Gasteiger partial charge in [0.25, 0.3) is 0 Å². The zero-order valence-corrected chi connectivity index (χ0v) is 20.4. The van der Waals surface area contributed by atoms with Crippen LogP contribution >= 0.6 is 0 Å². The van der Waals surface area contributed by atoms with Gasteiger partial charge in [0.2, 0.25) is 5.91 Å². The van der Waals surface area contributed by atoms with Gasteiger partial charge < -0.3 is 31.7 Å². The third kappa shape index (κ3) is 11.4. The lowest BCUT2D eigenvalue weighted by atomic mass is 9.91. The van der Waals surface area contributed by atoms with Crippen molar-refractivity contribution in [3.05, 3.63) is 48.0 Å². The van der Waals surface area contributed by atoms with Crippen LogP contribution in [0, 0.1) is 0 Å². The van der Waals surface area contributed by atoms with Crippen molar-refractivity contribution in [2.24, 2.45) is 11.5 Å². The molecule has 0 aliphatic carbocycles. The van der Waals surface area contributed by atoms with Gasteiger partial charge in [-0.1, -0.05) is 42.5 Å². The average molecular weight is 473 g/mol. The fourth-order valence-corrected chi connectivity index (χ4v) is 3.44. The van der Waals surface area contributed by atoms with Gasteiger partial charge in [0, 0.05) is 0 Å².